The number of carbonyl (C=O) groups excluding carboxylic acids is 1. The van der Waals surface area contributed by atoms with Crippen LogP contribution in [0.25, 0.3) is 0 Å². The first kappa shape index (κ1) is 14.5. The number of rotatable bonds is 4. The minimum absolute atomic E-state index is 0.0808. The average Bonchev–Trinajstić information content (AvgIpc) is 2.86. The van der Waals surface area contributed by atoms with E-state index in [-0.39, 0.29) is 31.9 Å². The van der Waals surface area contributed by atoms with Crippen molar-refractivity contribution in [3.05, 3.63) is 35.4 Å². The van der Waals surface area contributed by atoms with E-state index in [1.165, 1.54) is 4.90 Å². The van der Waals surface area contributed by atoms with Crippen LogP contribution >= 0.6 is 0 Å². The van der Waals surface area contributed by atoms with Gasteiger partial charge in [-0.15, -0.1) is 0 Å². The average molecular weight is 276 g/mol. The van der Waals surface area contributed by atoms with Crippen molar-refractivity contribution in [1.29, 1.82) is 5.26 Å². The number of likely N-dealkylation sites (tertiary alicyclic amines) is 1. The van der Waals surface area contributed by atoms with E-state index < -0.39 is 12.2 Å². The fraction of sp³-hybridized carbons (Fsp3) is 0.467. The van der Waals surface area contributed by atoms with E-state index in [9.17, 15) is 9.18 Å². The molecule has 5 heteroatoms. The zero-order valence-electron chi connectivity index (χ0n) is 11.1. The normalized spacial score (nSPS) is 21.8. The van der Waals surface area contributed by atoms with Gasteiger partial charge in [-0.05, 0) is 24.1 Å². The summed E-state index contributed by atoms with van der Waals surface area (Å²) in [6, 6.07) is 8.70. The summed E-state index contributed by atoms with van der Waals surface area (Å²) in [5.41, 5.74) is 1.55. The molecule has 0 radical (unpaired) electrons. The molecule has 0 aliphatic carbocycles. The molecular formula is C15H17FN2O2. The molecule has 1 heterocycles. The maximum Gasteiger partial charge on any atom is 0.223 e. The van der Waals surface area contributed by atoms with Gasteiger partial charge in [-0.2, -0.15) is 5.26 Å². The van der Waals surface area contributed by atoms with Crippen LogP contribution in [0.3, 0.4) is 0 Å². The Balaban J connectivity index is 1.90. The highest BCUT2D eigenvalue weighted by Crippen LogP contribution is 2.21. The Hall–Kier alpha value is -1.93. The number of halogens is 1. The van der Waals surface area contributed by atoms with E-state index in [4.69, 9.17) is 10.4 Å². The van der Waals surface area contributed by atoms with Crippen molar-refractivity contribution in [2.75, 3.05) is 13.2 Å². The van der Waals surface area contributed by atoms with Crippen molar-refractivity contribution in [1.82, 2.24) is 4.90 Å². The number of nitriles is 1. The molecule has 2 rings (SSSR count). The zero-order valence-corrected chi connectivity index (χ0v) is 11.1. The second-order valence-electron chi connectivity index (χ2n) is 5.02. The fourth-order valence-corrected chi connectivity index (χ4v) is 2.48. The Bertz CT molecular complexity index is 510. The molecule has 1 aliphatic rings. The Labute approximate surface area is 117 Å². The van der Waals surface area contributed by atoms with Crippen LogP contribution in [0, 0.1) is 11.3 Å². The molecule has 0 bridgehead atoms. The molecule has 0 unspecified atom stereocenters. The van der Waals surface area contributed by atoms with Crippen molar-refractivity contribution in [2.24, 2.45) is 0 Å². The molecule has 1 N–H and O–H groups in total. The van der Waals surface area contributed by atoms with E-state index in [0.717, 1.165) is 5.56 Å². The largest absolute Gasteiger partial charge is 0.394 e. The number of nitrogens with zero attached hydrogens (tertiary/aromatic N) is 2. The Kier molecular flexibility index (Phi) is 4.70. The minimum Gasteiger partial charge on any atom is -0.394 e. The summed E-state index contributed by atoms with van der Waals surface area (Å²) < 4.78 is 13.3. The van der Waals surface area contributed by atoms with Gasteiger partial charge in [0.2, 0.25) is 5.91 Å². The number of alkyl halides is 1. The second kappa shape index (κ2) is 6.49. The van der Waals surface area contributed by atoms with Crippen molar-refractivity contribution in [3.63, 3.8) is 0 Å². The Morgan fingerprint density at radius 1 is 1.45 bits per heavy atom. The van der Waals surface area contributed by atoms with Gasteiger partial charge < -0.3 is 10.0 Å². The lowest BCUT2D eigenvalue weighted by atomic mass is 10.1. The summed E-state index contributed by atoms with van der Waals surface area (Å²) in [5.74, 6) is -0.131. The van der Waals surface area contributed by atoms with Gasteiger partial charge in [0.1, 0.15) is 6.17 Å². The standard InChI is InChI=1S/C15H17FN2O2/c16-13-7-14(10-19)18(9-13)15(20)6-5-11-1-3-12(8-17)4-2-11/h1-4,13-14,19H,5-7,9-10H2/t13-,14-/m0/s1. The lowest BCUT2D eigenvalue weighted by molar-refractivity contribution is -0.132. The van der Waals surface area contributed by atoms with Crippen molar-refractivity contribution >= 4 is 5.91 Å². The van der Waals surface area contributed by atoms with Crippen molar-refractivity contribution in [3.8, 4) is 6.07 Å². The monoisotopic (exact) mass is 276 g/mol. The maximum atomic E-state index is 13.3. The van der Waals surface area contributed by atoms with Crippen LogP contribution in [-0.2, 0) is 11.2 Å². The molecule has 4 nitrogen and oxygen atoms in total. The number of hydrogen-bond acceptors (Lipinski definition) is 3. The molecule has 1 saturated heterocycles. The summed E-state index contributed by atoms with van der Waals surface area (Å²) in [7, 11) is 0. The second-order valence-corrected chi connectivity index (χ2v) is 5.02. The third-order valence-electron chi connectivity index (χ3n) is 3.61. The highest BCUT2D eigenvalue weighted by molar-refractivity contribution is 5.77. The molecule has 1 aromatic rings. The minimum atomic E-state index is -1.04. The number of aliphatic hydroxyl groups excluding tert-OH is 1. The molecule has 20 heavy (non-hydrogen) atoms. The molecule has 106 valence electrons. The molecule has 1 aliphatic heterocycles. The smallest absolute Gasteiger partial charge is 0.223 e. The number of carbonyl (C=O) groups is 1. The van der Waals surface area contributed by atoms with Gasteiger partial charge in [0, 0.05) is 12.8 Å². The van der Waals surface area contributed by atoms with Gasteiger partial charge in [-0.1, -0.05) is 12.1 Å². The zero-order chi connectivity index (χ0) is 14.5. The van der Waals surface area contributed by atoms with Crippen LogP contribution in [0.5, 0.6) is 0 Å². The number of amides is 1. The van der Waals surface area contributed by atoms with E-state index in [1.54, 1.807) is 12.1 Å². The maximum absolute atomic E-state index is 13.3. The van der Waals surface area contributed by atoms with Gasteiger partial charge in [-0.25, -0.2) is 4.39 Å². The van der Waals surface area contributed by atoms with E-state index in [1.807, 2.05) is 18.2 Å². The van der Waals surface area contributed by atoms with E-state index in [2.05, 4.69) is 0 Å². The van der Waals surface area contributed by atoms with Crippen LogP contribution in [0.1, 0.15) is 24.0 Å². The highest BCUT2D eigenvalue weighted by atomic mass is 19.1. The fourth-order valence-electron chi connectivity index (χ4n) is 2.48. The van der Waals surface area contributed by atoms with E-state index >= 15 is 0 Å². The molecule has 0 spiro atoms. The Morgan fingerprint density at radius 3 is 2.75 bits per heavy atom. The first-order valence-electron chi connectivity index (χ1n) is 6.67. The quantitative estimate of drug-likeness (QED) is 0.904. The molecular weight excluding hydrogens is 259 g/mol. The molecule has 1 amide bonds. The van der Waals surface area contributed by atoms with Crippen molar-refractivity contribution < 1.29 is 14.3 Å². The third-order valence-corrected chi connectivity index (χ3v) is 3.61. The van der Waals surface area contributed by atoms with Crippen LogP contribution < -0.4 is 0 Å². The number of benzene rings is 1. The van der Waals surface area contributed by atoms with Gasteiger partial charge >= 0.3 is 0 Å². The van der Waals surface area contributed by atoms with Crippen LogP contribution in [0.4, 0.5) is 4.39 Å². The predicted molar refractivity (Wildman–Crippen MR) is 71.6 cm³/mol. The van der Waals surface area contributed by atoms with Gasteiger partial charge in [-0.3, -0.25) is 4.79 Å². The summed E-state index contributed by atoms with van der Waals surface area (Å²) in [6.07, 6.45) is 0.0238. The molecule has 1 aromatic carbocycles. The summed E-state index contributed by atoms with van der Waals surface area (Å²) in [5, 5.41) is 17.9. The topological polar surface area (TPSA) is 64.3 Å². The van der Waals surface area contributed by atoms with Gasteiger partial charge in [0.05, 0.1) is 30.8 Å². The molecule has 0 saturated carbocycles. The first-order valence-corrected chi connectivity index (χ1v) is 6.67. The molecule has 2 atom stereocenters. The number of hydrogen-bond donors (Lipinski definition) is 1. The SMILES string of the molecule is N#Cc1ccc(CCC(=O)N2C[C@@H](F)C[C@H]2CO)cc1. The third kappa shape index (κ3) is 3.34. The first-order chi connectivity index (χ1) is 9.63. The van der Waals surface area contributed by atoms with Crippen LogP contribution in [-0.4, -0.2) is 41.3 Å². The number of aryl methyl sites for hydroxylation is 1. The summed E-state index contributed by atoms with van der Waals surface area (Å²) in [4.78, 5) is 13.5. The lowest BCUT2D eigenvalue weighted by Gasteiger charge is -2.22. The molecule has 0 aromatic heterocycles. The van der Waals surface area contributed by atoms with Crippen LogP contribution in [0.2, 0.25) is 0 Å². The Morgan fingerprint density at radius 2 is 2.15 bits per heavy atom. The number of aliphatic hydroxyl groups is 1. The van der Waals surface area contributed by atoms with Crippen LogP contribution in [0.15, 0.2) is 24.3 Å². The molecule has 1 fully saturated rings. The van der Waals surface area contributed by atoms with Gasteiger partial charge in [0.25, 0.3) is 0 Å². The predicted octanol–water partition coefficient (Wildman–Crippen LogP) is 1.42. The summed E-state index contributed by atoms with van der Waals surface area (Å²) >= 11 is 0. The van der Waals surface area contributed by atoms with E-state index in [0.29, 0.717) is 12.0 Å². The van der Waals surface area contributed by atoms with Crippen molar-refractivity contribution in [2.45, 2.75) is 31.5 Å². The lowest BCUT2D eigenvalue weighted by Crippen LogP contribution is -2.37. The summed E-state index contributed by atoms with van der Waals surface area (Å²) in [6.45, 7) is -0.111. The highest BCUT2D eigenvalue weighted by Gasteiger charge is 2.34. The van der Waals surface area contributed by atoms with Gasteiger partial charge in [0.15, 0.2) is 0 Å².